The third-order valence-electron chi connectivity index (χ3n) is 3.68. The first-order chi connectivity index (χ1) is 9.47. The summed E-state index contributed by atoms with van der Waals surface area (Å²) in [4.78, 5) is 2.10. The highest BCUT2D eigenvalue weighted by Crippen LogP contribution is 2.22. The average Bonchev–Trinajstić information content (AvgIpc) is 2.41. The summed E-state index contributed by atoms with van der Waals surface area (Å²) in [5, 5.41) is 10.5. The van der Waals surface area contributed by atoms with Crippen molar-refractivity contribution in [3.8, 4) is 0 Å². The lowest BCUT2D eigenvalue weighted by molar-refractivity contribution is 0.184. The summed E-state index contributed by atoms with van der Waals surface area (Å²) in [7, 11) is 2.02. The molecule has 0 fully saturated rings. The van der Waals surface area contributed by atoms with Crippen LogP contribution in [-0.2, 0) is 0 Å². The fraction of sp³-hybridized carbons (Fsp3) is 0.333. The first kappa shape index (κ1) is 14.6. The van der Waals surface area contributed by atoms with Gasteiger partial charge in [-0.15, -0.1) is 0 Å². The lowest BCUT2D eigenvalue weighted by Gasteiger charge is -2.24. The average molecular weight is 269 g/mol. The SMILES string of the molecule is Cc1cccc(N(C)CC(O)c2cc(C)ccc2C)c1. The molecule has 1 N–H and O–H groups in total. The highest BCUT2D eigenvalue weighted by atomic mass is 16.3. The highest BCUT2D eigenvalue weighted by Gasteiger charge is 2.13. The van der Waals surface area contributed by atoms with Gasteiger partial charge in [0.25, 0.3) is 0 Å². The molecule has 1 atom stereocenters. The summed E-state index contributed by atoms with van der Waals surface area (Å²) in [6.45, 7) is 6.77. The van der Waals surface area contributed by atoms with Crippen molar-refractivity contribution in [2.24, 2.45) is 0 Å². The van der Waals surface area contributed by atoms with Gasteiger partial charge in [-0.3, -0.25) is 0 Å². The molecule has 0 amide bonds. The molecule has 0 aromatic heterocycles. The fourth-order valence-corrected chi connectivity index (χ4v) is 2.45. The Kier molecular flexibility index (Phi) is 4.46. The summed E-state index contributed by atoms with van der Waals surface area (Å²) in [5.74, 6) is 0. The number of anilines is 1. The number of aliphatic hydroxyl groups excluding tert-OH is 1. The van der Waals surface area contributed by atoms with E-state index in [4.69, 9.17) is 0 Å². The van der Waals surface area contributed by atoms with Gasteiger partial charge in [-0.25, -0.2) is 0 Å². The molecule has 0 saturated heterocycles. The van der Waals surface area contributed by atoms with Gasteiger partial charge in [-0.2, -0.15) is 0 Å². The zero-order valence-electron chi connectivity index (χ0n) is 12.7. The molecule has 0 aliphatic carbocycles. The van der Waals surface area contributed by atoms with Crippen LogP contribution >= 0.6 is 0 Å². The molecular formula is C18H23NO. The fourth-order valence-electron chi connectivity index (χ4n) is 2.45. The molecule has 2 heteroatoms. The van der Waals surface area contributed by atoms with Crippen LogP contribution < -0.4 is 4.90 Å². The van der Waals surface area contributed by atoms with E-state index in [9.17, 15) is 5.11 Å². The van der Waals surface area contributed by atoms with Crippen molar-refractivity contribution in [1.82, 2.24) is 0 Å². The number of hydrogen-bond donors (Lipinski definition) is 1. The van der Waals surface area contributed by atoms with Crippen molar-refractivity contribution in [3.05, 3.63) is 64.7 Å². The molecule has 0 saturated carbocycles. The maximum absolute atomic E-state index is 10.5. The standard InChI is InChI=1S/C18H23NO/c1-13-6-5-7-16(10-13)19(4)12-18(20)17-11-14(2)8-9-15(17)3/h5-11,18,20H,12H2,1-4H3. The molecule has 2 nitrogen and oxygen atoms in total. The molecule has 20 heavy (non-hydrogen) atoms. The number of benzene rings is 2. The van der Waals surface area contributed by atoms with Crippen molar-refractivity contribution in [2.75, 3.05) is 18.5 Å². The van der Waals surface area contributed by atoms with Crippen molar-refractivity contribution in [1.29, 1.82) is 0 Å². The zero-order chi connectivity index (χ0) is 14.7. The van der Waals surface area contributed by atoms with Crippen molar-refractivity contribution < 1.29 is 5.11 Å². The van der Waals surface area contributed by atoms with E-state index in [0.29, 0.717) is 6.54 Å². The minimum absolute atomic E-state index is 0.472. The van der Waals surface area contributed by atoms with Gasteiger partial charge in [0.05, 0.1) is 6.10 Å². The third kappa shape index (κ3) is 3.40. The number of likely N-dealkylation sites (N-methyl/N-ethyl adjacent to an activating group) is 1. The van der Waals surface area contributed by atoms with Crippen LogP contribution in [0.5, 0.6) is 0 Å². The Labute approximate surface area is 121 Å². The second-order valence-electron chi connectivity index (χ2n) is 5.60. The Bertz CT molecular complexity index is 592. The Hall–Kier alpha value is -1.80. The van der Waals surface area contributed by atoms with E-state index in [1.807, 2.05) is 20.0 Å². The van der Waals surface area contributed by atoms with Crippen LogP contribution in [0.25, 0.3) is 0 Å². The Morgan fingerprint density at radius 3 is 2.40 bits per heavy atom. The van der Waals surface area contributed by atoms with Gasteiger partial charge < -0.3 is 10.0 Å². The van der Waals surface area contributed by atoms with Crippen LogP contribution in [0.3, 0.4) is 0 Å². The topological polar surface area (TPSA) is 23.5 Å². The summed E-state index contributed by atoms with van der Waals surface area (Å²) in [6.07, 6.45) is -0.472. The van der Waals surface area contributed by atoms with Crippen molar-refractivity contribution in [2.45, 2.75) is 26.9 Å². The highest BCUT2D eigenvalue weighted by molar-refractivity contribution is 5.48. The number of hydrogen-bond acceptors (Lipinski definition) is 2. The number of aryl methyl sites for hydroxylation is 3. The van der Waals surface area contributed by atoms with Gasteiger partial charge in [-0.1, -0.05) is 35.9 Å². The van der Waals surface area contributed by atoms with Gasteiger partial charge in [0.2, 0.25) is 0 Å². The molecule has 2 aromatic carbocycles. The first-order valence-electron chi connectivity index (χ1n) is 7.00. The minimum Gasteiger partial charge on any atom is -0.387 e. The predicted octanol–water partition coefficient (Wildman–Crippen LogP) is 3.78. The lowest BCUT2D eigenvalue weighted by atomic mass is 10.0. The number of aliphatic hydroxyl groups is 1. The predicted molar refractivity (Wildman–Crippen MR) is 85.3 cm³/mol. The molecule has 106 valence electrons. The summed E-state index contributed by atoms with van der Waals surface area (Å²) >= 11 is 0. The maximum atomic E-state index is 10.5. The van der Waals surface area contributed by atoms with E-state index < -0.39 is 6.10 Å². The molecule has 2 rings (SSSR count). The second kappa shape index (κ2) is 6.10. The summed E-state index contributed by atoms with van der Waals surface area (Å²) in [5.41, 5.74) is 5.71. The van der Waals surface area contributed by atoms with Crippen LogP contribution in [0.1, 0.15) is 28.4 Å². The maximum Gasteiger partial charge on any atom is 0.0967 e. The zero-order valence-corrected chi connectivity index (χ0v) is 12.7. The first-order valence-corrected chi connectivity index (χ1v) is 7.00. The Balaban J connectivity index is 2.15. The smallest absolute Gasteiger partial charge is 0.0967 e. The molecule has 0 aliphatic heterocycles. The molecule has 0 heterocycles. The molecular weight excluding hydrogens is 246 g/mol. The van der Waals surface area contributed by atoms with Gasteiger partial charge in [0, 0.05) is 19.3 Å². The van der Waals surface area contributed by atoms with Crippen LogP contribution in [0.4, 0.5) is 5.69 Å². The van der Waals surface area contributed by atoms with Crippen molar-refractivity contribution >= 4 is 5.69 Å². The van der Waals surface area contributed by atoms with Gasteiger partial charge in [0.1, 0.15) is 0 Å². The van der Waals surface area contributed by atoms with Gasteiger partial charge in [0.15, 0.2) is 0 Å². The largest absolute Gasteiger partial charge is 0.387 e. The quantitative estimate of drug-likeness (QED) is 0.913. The Morgan fingerprint density at radius 2 is 1.70 bits per heavy atom. The summed E-state index contributed by atoms with van der Waals surface area (Å²) in [6, 6.07) is 14.6. The molecule has 0 radical (unpaired) electrons. The van der Waals surface area contributed by atoms with E-state index >= 15 is 0 Å². The molecule has 0 aliphatic rings. The van der Waals surface area contributed by atoms with E-state index in [1.165, 1.54) is 11.1 Å². The molecule has 2 aromatic rings. The lowest BCUT2D eigenvalue weighted by Crippen LogP contribution is -2.24. The number of nitrogens with zero attached hydrogens (tertiary/aromatic N) is 1. The monoisotopic (exact) mass is 269 g/mol. The molecule has 0 bridgehead atoms. The second-order valence-corrected chi connectivity index (χ2v) is 5.60. The van der Waals surface area contributed by atoms with Crippen LogP contribution in [-0.4, -0.2) is 18.7 Å². The van der Waals surface area contributed by atoms with Crippen LogP contribution in [0.2, 0.25) is 0 Å². The molecule has 0 spiro atoms. The van der Waals surface area contributed by atoms with E-state index in [2.05, 4.69) is 55.1 Å². The third-order valence-corrected chi connectivity index (χ3v) is 3.68. The normalized spacial score (nSPS) is 12.2. The van der Waals surface area contributed by atoms with Crippen molar-refractivity contribution in [3.63, 3.8) is 0 Å². The Morgan fingerprint density at radius 1 is 1.00 bits per heavy atom. The molecule has 1 unspecified atom stereocenters. The van der Waals surface area contributed by atoms with Crippen LogP contribution in [0, 0.1) is 20.8 Å². The minimum atomic E-state index is -0.472. The van der Waals surface area contributed by atoms with E-state index in [1.54, 1.807) is 0 Å². The van der Waals surface area contributed by atoms with Gasteiger partial charge >= 0.3 is 0 Å². The van der Waals surface area contributed by atoms with E-state index in [0.717, 1.165) is 16.8 Å². The van der Waals surface area contributed by atoms with E-state index in [-0.39, 0.29) is 0 Å². The summed E-state index contributed by atoms with van der Waals surface area (Å²) < 4.78 is 0. The number of rotatable bonds is 4. The van der Waals surface area contributed by atoms with Gasteiger partial charge in [-0.05, 0) is 49.6 Å². The van der Waals surface area contributed by atoms with Crippen LogP contribution in [0.15, 0.2) is 42.5 Å².